The molecule has 1 atom stereocenters. The van der Waals surface area contributed by atoms with E-state index < -0.39 is 26.0 Å². The van der Waals surface area contributed by atoms with E-state index in [1.165, 1.54) is 6.92 Å². The van der Waals surface area contributed by atoms with E-state index in [4.69, 9.17) is 20.4 Å². The summed E-state index contributed by atoms with van der Waals surface area (Å²) in [5.74, 6) is 4.23. The van der Waals surface area contributed by atoms with E-state index in [1.54, 1.807) is 0 Å². The molecule has 0 amide bonds. The molecule has 0 saturated carbocycles. The minimum absolute atomic E-state index is 0.132. The standard InChI is InChI=1S/C6H14NO7P/c1-5(8)12-2-6(3-14-7)13-4-15(9,10)11/h6H,2-4,7H2,1H3,(H2,9,10,11). The van der Waals surface area contributed by atoms with Gasteiger partial charge in [0.2, 0.25) is 0 Å². The molecule has 4 N–H and O–H groups in total. The number of carbonyl (C=O) groups excluding carboxylic acids is 1. The second kappa shape index (κ2) is 6.89. The van der Waals surface area contributed by atoms with Gasteiger partial charge in [0.05, 0.1) is 6.61 Å². The topological polar surface area (TPSA) is 128 Å². The quantitative estimate of drug-likeness (QED) is 0.294. The fourth-order valence-electron chi connectivity index (χ4n) is 0.664. The first kappa shape index (κ1) is 14.5. The number of nitrogens with two attached hydrogens (primary N) is 1. The molecule has 0 aliphatic rings. The third kappa shape index (κ3) is 9.80. The monoisotopic (exact) mass is 243 g/mol. The van der Waals surface area contributed by atoms with Crippen LogP contribution in [0.25, 0.3) is 0 Å². The van der Waals surface area contributed by atoms with Crippen LogP contribution in [0.5, 0.6) is 0 Å². The third-order valence-corrected chi connectivity index (χ3v) is 1.72. The van der Waals surface area contributed by atoms with Crippen LogP contribution in [0.1, 0.15) is 6.92 Å². The number of hydrogen-bond donors (Lipinski definition) is 3. The van der Waals surface area contributed by atoms with Crippen LogP contribution in [0.3, 0.4) is 0 Å². The summed E-state index contributed by atoms with van der Waals surface area (Å²) in [6, 6.07) is 0. The van der Waals surface area contributed by atoms with Crippen molar-refractivity contribution in [2.24, 2.45) is 5.90 Å². The first-order chi connectivity index (χ1) is 6.85. The Labute approximate surface area is 86.4 Å². The van der Waals surface area contributed by atoms with E-state index in [9.17, 15) is 9.36 Å². The minimum Gasteiger partial charge on any atom is -0.463 e. The molecule has 0 aromatic rings. The second-order valence-electron chi connectivity index (χ2n) is 2.72. The molecule has 15 heavy (non-hydrogen) atoms. The largest absolute Gasteiger partial charge is 0.463 e. The highest BCUT2D eigenvalue weighted by Crippen LogP contribution is 2.34. The van der Waals surface area contributed by atoms with Gasteiger partial charge in [-0.2, -0.15) is 0 Å². The van der Waals surface area contributed by atoms with E-state index in [-0.39, 0.29) is 13.2 Å². The molecule has 0 aromatic heterocycles. The van der Waals surface area contributed by atoms with Crippen molar-refractivity contribution < 1.29 is 33.5 Å². The molecule has 1 unspecified atom stereocenters. The molecule has 0 bridgehead atoms. The van der Waals surface area contributed by atoms with Gasteiger partial charge >= 0.3 is 13.6 Å². The Kier molecular flexibility index (Phi) is 6.66. The maximum Gasteiger partial charge on any atom is 0.350 e. The SMILES string of the molecule is CC(=O)OCC(CON)OCP(=O)(O)O. The molecule has 8 nitrogen and oxygen atoms in total. The lowest BCUT2D eigenvalue weighted by Crippen LogP contribution is -2.28. The highest BCUT2D eigenvalue weighted by Gasteiger charge is 2.18. The molecular formula is C6H14NO7P. The minimum atomic E-state index is -4.25. The Balaban J connectivity index is 3.93. The van der Waals surface area contributed by atoms with Gasteiger partial charge in [-0.3, -0.25) is 9.36 Å². The lowest BCUT2D eigenvalue weighted by Gasteiger charge is -2.16. The molecule has 0 aliphatic heterocycles. The van der Waals surface area contributed by atoms with Crippen molar-refractivity contribution in [1.29, 1.82) is 0 Å². The van der Waals surface area contributed by atoms with E-state index in [0.717, 1.165) is 0 Å². The van der Waals surface area contributed by atoms with Crippen LogP contribution in [0.2, 0.25) is 0 Å². The summed E-state index contributed by atoms with van der Waals surface area (Å²) < 4.78 is 19.8. The average Bonchev–Trinajstić information content (AvgIpc) is 2.08. The zero-order chi connectivity index (χ0) is 11.9. The van der Waals surface area contributed by atoms with Crippen LogP contribution >= 0.6 is 7.60 Å². The summed E-state index contributed by atoms with van der Waals surface area (Å²) >= 11 is 0. The van der Waals surface area contributed by atoms with Crippen LogP contribution in [-0.2, 0) is 23.7 Å². The fourth-order valence-corrected chi connectivity index (χ4v) is 1.07. The smallest absolute Gasteiger partial charge is 0.350 e. The molecule has 90 valence electrons. The Morgan fingerprint density at radius 3 is 2.47 bits per heavy atom. The second-order valence-corrected chi connectivity index (χ2v) is 4.31. The summed E-state index contributed by atoms with van der Waals surface area (Å²) in [6.07, 6.45) is -1.58. The van der Waals surface area contributed by atoms with Gasteiger partial charge in [0.25, 0.3) is 0 Å². The van der Waals surface area contributed by atoms with E-state index in [1.807, 2.05) is 0 Å². The predicted octanol–water partition coefficient (Wildman–Crippen LogP) is -1.04. The van der Waals surface area contributed by atoms with Gasteiger partial charge in [-0.05, 0) is 0 Å². The van der Waals surface area contributed by atoms with Crippen LogP contribution in [0.15, 0.2) is 0 Å². The van der Waals surface area contributed by atoms with Gasteiger partial charge in [0, 0.05) is 6.92 Å². The van der Waals surface area contributed by atoms with Crippen LogP contribution in [0, 0.1) is 0 Å². The van der Waals surface area contributed by atoms with Gasteiger partial charge in [0.1, 0.15) is 19.1 Å². The molecule has 0 radical (unpaired) electrons. The van der Waals surface area contributed by atoms with Crippen LogP contribution in [-0.4, -0.2) is 41.4 Å². The number of carbonyl (C=O) groups is 1. The average molecular weight is 243 g/mol. The fraction of sp³-hybridized carbons (Fsp3) is 0.833. The molecule has 0 aliphatic carbocycles. The van der Waals surface area contributed by atoms with E-state index >= 15 is 0 Å². The number of rotatable bonds is 7. The van der Waals surface area contributed by atoms with Gasteiger partial charge in [0.15, 0.2) is 0 Å². The highest BCUT2D eigenvalue weighted by atomic mass is 31.2. The van der Waals surface area contributed by atoms with Gasteiger partial charge in [-0.1, -0.05) is 0 Å². The number of ether oxygens (including phenoxy) is 2. The Hall–Kier alpha value is -0.500. The summed E-state index contributed by atoms with van der Waals surface area (Å²) in [5, 5.41) is 0. The zero-order valence-corrected chi connectivity index (χ0v) is 9.05. The Bertz CT molecular complexity index is 240. The van der Waals surface area contributed by atoms with Gasteiger partial charge < -0.3 is 24.1 Å². The zero-order valence-electron chi connectivity index (χ0n) is 8.16. The Morgan fingerprint density at radius 1 is 1.47 bits per heavy atom. The van der Waals surface area contributed by atoms with Crippen molar-refractivity contribution in [3.8, 4) is 0 Å². The Morgan fingerprint density at radius 2 is 2.07 bits per heavy atom. The third-order valence-electron chi connectivity index (χ3n) is 1.23. The maximum absolute atomic E-state index is 10.5. The molecule has 0 aromatic carbocycles. The molecule has 0 heterocycles. The van der Waals surface area contributed by atoms with Crippen LogP contribution < -0.4 is 5.90 Å². The van der Waals surface area contributed by atoms with Crippen molar-refractivity contribution in [3.63, 3.8) is 0 Å². The normalized spacial score (nSPS) is 13.6. The lowest BCUT2D eigenvalue weighted by molar-refractivity contribution is -0.146. The van der Waals surface area contributed by atoms with Crippen molar-refractivity contribution in [3.05, 3.63) is 0 Å². The van der Waals surface area contributed by atoms with E-state index in [2.05, 4.69) is 9.57 Å². The molecular weight excluding hydrogens is 229 g/mol. The number of esters is 1. The predicted molar refractivity (Wildman–Crippen MR) is 48.6 cm³/mol. The van der Waals surface area contributed by atoms with Crippen molar-refractivity contribution in [2.45, 2.75) is 13.0 Å². The molecule has 9 heteroatoms. The van der Waals surface area contributed by atoms with Crippen LogP contribution in [0.4, 0.5) is 0 Å². The van der Waals surface area contributed by atoms with Crippen molar-refractivity contribution in [2.75, 3.05) is 19.6 Å². The van der Waals surface area contributed by atoms with Crippen molar-refractivity contribution in [1.82, 2.24) is 0 Å². The van der Waals surface area contributed by atoms with Crippen molar-refractivity contribution >= 4 is 13.6 Å². The molecule has 0 rings (SSSR count). The number of hydrogen-bond acceptors (Lipinski definition) is 6. The molecule has 0 fully saturated rings. The summed E-state index contributed by atoms with van der Waals surface area (Å²) in [4.78, 5) is 31.7. The molecule has 0 saturated heterocycles. The highest BCUT2D eigenvalue weighted by molar-refractivity contribution is 7.51. The summed E-state index contributed by atoms with van der Waals surface area (Å²) in [5.41, 5.74) is 0. The lowest BCUT2D eigenvalue weighted by atomic mass is 10.4. The van der Waals surface area contributed by atoms with Gasteiger partial charge in [-0.25, -0.2) is 5.90 Å². The van der Waals surface area contributed by atoms with Gasteiger partial charge in [-0.15, -0.1) is 0 Å². The summed E-state index contributed by atoms with van der Waals surface area (Å²) in [6.45, 7) is 0.892. The maximum atomic E-state index is 10.5. The first-order valence-corrected chi connectivity index (χ1v) is 5.76. The summed E-state index contributed by atoms with van der Waals surface area (Å²) in [7, 11) is -4.25. The van der Waals surface area contributed by atoms with E-state index in [0.29, 0.717) is 0 Å². The first-order valence-electron chi connectivity index (χ1n) is 3.96. The molecule has 0 spiro atoms.